The number of nitrogens with zero attached hydrogens (tertiary/aromatic N) is 5. The van der Waals surface area contributed by atoms with E-state index in [-0.39, 0.29) is 11.9 Å². The van der Waals surface area contributed by atoms with E-state index in [2.05, 4.69) is 30.8 Å². The van der Waals surface area contributed by atoms with Gasteiger partial charge in [0.05, 0.1) is 30.7 Å². The van der Waals surface area contributed by atoms with Crippen LogP contribution in [-0.2, 0) is 4.74 Å². The largest absolute Gasteiger partial charge is 0.378 e. The Balaban J connectivity index is 1.19. The molecule has 0 bridgehead atoms. The van der Waals surface area contributed by atoms with E-state index in [9.17, 15) is 9.59 Å². The average molecular weight is 585 g/mol. The quantitative estimate of drug-likeness (QED) is 0.354. The molecule has 0 unspecified atom stereocenters. The minimum Gasteiger partial charge on any atom is -0.378 e. The highest BCUT2D eigenvalue weighted by Crippen LogP contribution is 2.30. The van der Waals surface area contributed by atoms with Crippen molar-refractivity contribution in [1.82, 2.24) is 14.8 Å². The lowest BCUT2D eigenvalue weighted by Crippen LogP contribution is -2.46. The van der Waals surface area contributed by atoms with E-state index in [1.165, 1.54) is 0 Å². The lowest BCUT2D eigenvalue weighted by atomic mass is 10.1. The molecule has 0 atom stereocenters. The van der Waals surface area contributed by atoms with Crippen LogP contribution in [0.15, 0.2) is 90.1 Å². The summed E-state index contributed by atoms with van der Waals surface area (Å²) in [6.45, 7) is 4.73. The number of urea groups is 1. The summed E-state index contributed by atoms with van der Waals surface area (Å²) >= 11 is 6.04. The van der Waals surface area contributed by atoms with Crippen molar-refractivity contribution in [2.75, 3.05) is 53.8 Å². The Bertz CT molecular complexity index is 1600. The van der Waals surface area contributed by atoms with Crippen LogP contribution >= 0.6 is 11.6 Å². The number of fused-ring (bicyclic) bond motifs is 1. The van der Waals surface area contributed by atoms with Crippen LogP contribution < -0.4 is 25.8 Å². The van der Waals surface area contributed by atoms with Crippen molar-refractivity contribution in [3.63, 3.8) is 0 Å². The molecule has 42 heavy (non-hydrogen) atoms. The highest BCUT2D eigenvalue weighted by molar-refractivity contribution is 6.30. The maximum Gasteiger partial charge on any atom is 0.323 e. The zero-order valence-corrected chi connectivity index (χ0v) is 23.6. The van der Waals surface area contributed by atoms with Gasteiger partial charge in [-0.3, -0.25) is 9.69 Å². The Morgan fingerprint density at radius 3 is 2.67 bits per heavy atom. The first-order chi connectivity index (χ1) is 20.4. The van der Waals surface area contributed by atoms with Gasteiger partial charge in [0, 0.05) is 41.9 Å². The third-order valence-electron chi connectivity index (χ3n) is 7.06. The molecule has 213 valence electrons. The number of amides is 3. The van der Waals surface area contributed by atoms with E-state index in [4.69, 9.17) is 16.3 Å². The standard InChI is InChI=1S/C30H29ClN8O3/c1-20-24(36-30(41)34-23-5-2-4-22(31)16-23)6-3-7-26(20)39-18-25(28-32-10-11-38(28)19-39)35-27-9-8-21(17-33-27)29(40)37-12-14-42-15-13-37/h2-11,16-18H,12-15,19H2,1H3,(H,33,35)(H2,34,36,41)/q+1. The minimum atomic E-state index is -0.368. The number of aliphatic imine (C=N–C) groups is 1. The Labute approximate surface area is 248 Å². The molecule has 1 fully saturated rings. The molecule has 3 aliphatic heterocycles. The number of hydrogen-bond acceptors (Lipinski definition) is 8. The maximum atomic E-state index is 12.8. The third-order valence-corrected chi connectivity index (χ3v) is 7.30. The summed E-state index contributed by atoms with van der Waals surface area (Å²) in [5, 5.41) is 9.65. The monoisotopic (exact) mass is 584 g/mol. The molecule has 1 aromatic heterocycles. The van der Waals surface area contributed by atoms with Crippen LogP contribution in [0.3, 0.4) is 0 Å². The van der Waals surface area contributed by atoms with Crippen LogP contribution in [0.5, 0.6) is 0 Å². The number of pyridine rings is 1. The Morgan fingerprint density at radius 1 is 1.05 bits per heavy atom. The number of morpholine rings is 1. The van der Waals surface area contributed by atoms with E-state index >= 15 is 0 Å². The summed E-state index contributed by atoms with van der Waals surface area (Å²) < 4.78 is 5.35. The predicted octanol–water partition coefficient (Wildman–Crippen LogP) is 4.91. The number of ether oxygens (including phenoxy) is 1. The summed E-state index contributed by atoms with van der Waals surface area (Å²) in [5.74, 6) is 1.29. The minimum absolute atomic E-state index is 0.0545. The smallest absolute Gasteiger partial charge is 0.323 e. The number of benzene rings is 2. The number of amidine groups is 1. The number of carbonyl (C=O) groups excluding carboxylic acids is 2. The van der Waals surface area contributed by atoms with Crippen LogP contribution in [0.4, 0.5) is 27.7 Å². The van der Waals surface area contributed by atoms with Gasteiger partial charge in [0.15, 0.2) is 6.20 Å². The zero-order valence-electron chi connectivity index (χ0n) is 22.9. The fourth-order valence-corrected chi connectivity index (χ4v) is 5.11. The van der Waals surface area contributed by atoms with E-state index in [1.54, 1.807) is 53.7 Å². The number of rotatable bonds is 6. The highest BCUT2D eigenvalue weighted by atomic mass is 35.5. The molecule has 3 aromatic rings. The van der Waals surface area contributed by atoms with Crippen LogP contribution in [-0.4, -0.2) is 60.6 Å². The molecule has 11 nitrogen and oxygen atoms in total. The fraction of sp³-hybridized carbons (Fsp3) is 0.200. The Hall–Kier alpha value is -4.71. The van der Waals surface area contributed by atoms with E-state index in [0.29, 0.717) is 60.8 Å². The first-order valence-corrected chi connectivity index (χ1v) is 13.9. The molecule has 4 heterocycles. The lowest BCUT2D eigenvalue weighted by Gasteiger charge is -2.28. The second kappa shape index (κ2) is 12.0. The Morgan fingerprint density at radius 2 is 1.88 bits per heavy atom. The summed E-state index contributed by atoms with van der Waals surface area (Å²) in [4.78, 5) is 40.4. The molecule has 3 amide bonds. The summed E-state index contributed by atoms with van der Waals surface area (Å²) in [7, 11) is 0. The normalized spacial score (nSPS) is 16.4. The number of nitrogens with one attached hydrogen (secondary N) is 3. The number of hydrogen-bond donors (Lipinski definition) is 3. The van der Waals surface area contributed by atoms with Crippen molar-refractivity contribution in [1.29, 1.82) is 0 Å². The van der Waals surface area contributed by atoms with Crippen LogP contribution in [0.25, 0.3) is 0 Å². The molecule has 0 spiro atoms. The first-order valence-electron chi connectivity index (χ1n) is 13.5. The average Bonchev–Trinajstić information content (AvgIpc) is 3.48. The lowest BCUT2D eigenvalue weighted by molar-refractivity contribution is 0.0302. The van der Waals surface area contributed by atoms with E-state index < -0.39 is 0 Å². The van der Waals surface area contributed by atoms with E-state index in [1.807, 2.05) is 42.4 Å². The number of halogens is 1. The van der Waals surface area contributed by atoms with Crippen molar-refractivity contribution >= 4 is 52.3 Å². The molecule has 2 aromatic carbocycles. The molecular formula is C30H29ClN8O3+. The molecule has 3 N–H and O–H groups in total. The molecule has 6 rings (SSSR count). The van der Waals surface area contributed by atoms with Crippen molar-refractivity contribution in [2.24, 2.45) is 4.99 Å². The topological polar surface area (TPSA) is 117 Å². The third kappa shape index (κ3) is 5.98. The fourth-order valence-electron chi connectivity index (χ4n) is 4.92. The zero-order chi connectivity index (χ0) is 29.1. The SMILES string of the molecule is Cc1c(NC(=O)Nc2cccc(Cl)c2)cccc1N1C=C(Nc2ccc(C(=O)N3CCOCC3)cn2)C2=NC=C[N+]2C1. The molecule has 3 aliphatic rings. The second-order valence-corrected chi connectivity index (χ2v) is 10.3. The van der Waals surface area contributed by atoms with Crippen molar-refractivity contribution in [2.45, 2.75) is 6.92 Å². The van der Waals surface area contributed by atoms with Crippen LogP contribution in [0.1, 0.15) is 15.9 Å². The van der Waals surface area contributed by atoms with Crippen LogP contribution in [0.2, 0.25) is 5.02 Å². The summed E-state index contributed by atoms with van der Waals surface area (Å²) in [5.41, 5.74) is 4.34. The van der Waals surface area contributed by atoms with Gasteiger partial charge in [-0.05, 0) is 55.0 Å². The summed E-state index contributed by atoms with van der Waals surface area (Å²) in [6.07, 6.45) is 7.21. The summed E-state index contributed by atoms with van der Waals surface area (Å²) in [6, 6.07) is 15.9. The second-order valence-electron chi connectivity index (χ2n) is 9.88. The number of aromatic nitrogens is 1. The van der Waals surface area contributed by atoms with Crippen LogP contribution in [0, 0.1) is 6.92 Å². The van der Waals surface area contributed by atoms with Gasteiger partial charge in [0.2, 0.25) is 6.67 Å². The first kappa shape index (κ1) is 27.5. The maximum absolute atomic E-state index is 12.8. The van der Waals surface area contributed by atoms with Crippen molar-refractivity contribution < 1.29 is 14.3 Å². The van der Waals surface area contributed by atoms with Gasteiger partial charge in [-0.2, -0.15) is 4.99 Å². The molecule has 1 saturated heterocycles. The molecule has 12 heteroatoms. The van der Waals surface area contributed by atoms with Gasteiger partial charge in [-0.15, -0.1) is 0 Å². The number of anilines is 4. The molecule has 0 aliphatic carbocycles. The van der Waals surface area contributed by atoms with Gasteiger partial charge in [-0.1, -0.05) is 28.6 Å². The highest BCUT2D eigenvalue weighted by Gasteiger charge is 2.36. The molecule has 1 radical (unpaired) electrons. The van der Waals surface area contributed by atoms with Crippen molar-refractivity contribution in [3.8, 4) is 0 Å². The van der Waals surface area contributed by atoms with Gasteiger partial charge in [0.1, 0.15) is 11.5 Å². The number of carbonyl (C=O) groups is 2. The Kier molecular flexibility index (Phi) is 7.87. The van der Waals surface area contributed by atoms with Gasteiger partial charge in [-0.25, -0.2) is 9.78 Å². The predicted molar refractivity (Wildman–Crippen MR) is 164 cm³/mol. The van der Waals surface area contributed by atoms with Gasteiger partial charge >= 0.3 is 11.9 Å². The van der Waals surface area contributed by atoms with Crippen molar-refractivity contribution in [3.05, 3.63) is 101 Å². The molecular weight excluding hydrogens is 556 g/mol. The van der Waals surface area contributed by atoms with Gasteiger partial charge < -0.3 is 25.6 Å². The van der Waals surface area contributed by atoms with Gasteiger partial charge in [0.25, 0.3) is 5.91 Å². The molecule has 0 saturated carbocycles. The van der Waals surface area contributed by atoms with E-state index in [0.717, 1.165) is 22.8 Å².